The van der Waals surface area contributed by atoms with Gasteiger partial charge in [0, 0.05) is 23.8 Å². The van der Waals surface area contributed by atoms with Crippen LogP contribution in [0.4, 0.5) is 13.2 Å². The fraction of sp³-hybridized carbons (Fsp3) is 0.667. The van der Waals surface area contributed by atoms with Gasteiger partial charge in [0.15, 0.2) is 0 Å². The fourth-order valence-corrected chi connectivity index (χ4v) is 1.62. The monoisotopic (exact) mass is 304 g/mol. The van der Waals surface area contributed by atoms with Gasteiger partial charge in [0.2, 0.25) is 5.88 Å². The van der Waals surface area contributed by atoms with Gasteiger partial charge in [0.25, 0.3) is 0 Å². The van der Waals surface area contributed by atoms with Crippen molar-refractivity contribution >= 4 is 0 Å². The molecule has 0 aromatic carbocycles. The Morgan fingerprint density at radius 1 is 1.19 bits per heavy atom. The Kier molecular flexibility index (Phi) is 6.01. The van der Waals surface area contributed by atoms with Gasteiger partial charge in [-0.25, -0.2) is 4.98 Å². The summed E-state index contributed by atoms with van der Waals surface area (Å²) in [5.74, 6) is 0.254. The lowest BCUT2D eigenvalue weighted by molar-refractivity contribution is -0.139. The zero-order chi connectivity index (χ0) is 16.1. The predicted octanol–water partition coefficient (Wildman–Crippen LogP) is 3.86. The molecular formula is C15H23F3N2O. The summed E-state index contributed by atoms with van der Waals surface area (Å²) in [7, 11) is 0. The van der Waals surface area contributed by atoms with Gasteiger partial charge in [0.1, 0.15) is 0 Å². The molecule has 0 saturated heterocycles. The summed E-state index contributed by atoms with van der Waals surface area (Å²) < 4.78 is 41.5. The lowest BCUT2D eigenvalue weighted by Crippen LogP contribution is -2.35. The van der Waals surface area contributed by atoms with Crippen molar-refractivity contribution < 1.29 is 17.9 Å². The Labute approximate surface area is 123 Å². The van der Waals surface area contributed by atoms with Crippen LogP contribution in [-0.4, -0.2) is 23.3 Å². The second-order valence-corrected chi connectivity index (χ2v) is 5.98. The number of hydrogen-bond donors (Lipinski definition) is 1. The molecule has 0 fully saturated rings. The van der Waals surface area contributed by atoms with E-state index in [0.717, 1.165) is 11.3 Å². The van der Waals surface area contributed by atoms with E-state index in [2.05, 4.69) is 31.1 Å². The summed E-state index contributed by atoms with van der Waals surface area (Å²) in [6, 6.07) is 3.63. The van der Waals surface area contributed by atoms with Gasteiger partial charge in [0.05, 0.1) is 13.0 Å². The van der Waals surface area contributed by atoms with E-state index >= 15 is 0 Å². The molecule has 0 spiro atoms. The van der Waals surface area contributed by atoms with E-state index in [4.69, 9.17) is 4.74 Å². The van der Waals surface area contributed by atoms with E-state index in [1.54, 1.807) is 6.07 Å². The number of hydrogen-bond acceptors (Lipinski definition) is 3. The summed E-state index contributed by atoms with van der Waals surface area (Å²) in [5, 5.41) is 3.33. The van der Waals surface area contributed by atoms with Crippen LogP contribution < -0.4 is 10.1 Å². The van der Waals surface area contributed by atoms with E-state index in [1.165, 1.54) is 0 Å². The SMILES string of the molecule is CCc1cc(CNC(C)(C)C)cc(OCCC(F)(F)F)n1. The van der Waals surface area contributed by atoms with Crippen LogP contribution >= 0.6 is 0 Å². The van der Waals surface area contributed by atoms with Crippen LogP contribution in [0.3, 0.4) is 0 Å². The standard InChI is InChI=1S/C15H23F3N2O/c1-5-12-8-11(10-19-14(2,3)4)9-13(20-12)21-7-6-15(16,17)18/h8-9,19H,5-7,10H2,1-4H3. The maximum Gasteiger partial charge on any atom is 0.392 e. The summed E-state index contributed by atoms with van der Waals surface area (Å²) >= 11 is 0. The third-order valence-electron chi connectivity index (χ3n) is 2.74. The number of alkyl halides is 3. The van der Waals surface area contributed by atoms with E-state index in [0.29, 0.717) is 13.0 Å². The second kappa shape index (κ2) is 7.11. The Morgan fingerprint density at radius 3 is 2.38 bits per heavy atom. The molecule has 0 bridgehead atoms. The van der Waals surface area contributed by atoms with E-state index in [9.17, 15) is 13.2 Å². The summed E-state index contributed by atoms with van der Waals surface area (Å²) in [4.78, 5) is 4.20. The number of halogens is 3. The van der Waals surface area contributed by atoms with Gasteiger partial charge in [-0.3, -0.25) is 0 Å². The van der Waals surface area contributed by atoms with Crippen LogP contribution in [0.2, 0.25) is 0 Å². The van der Waals surface area contributed by atoms with Crippen LogP contribution in [0.25, 0.3) is 0 Å². The third-order valence-corrected chi connectivity index (χ3v) is 2.74. The van der Waals surface area contributed by atoms with E-state index in [-0.39, 0.29) is 11.4 Å². The molecule has 0 aliphatic carbocycles. The summed E-state index contributed by atoms with van der Waals surface area (Å²) in [5.41, 5.74) is 1.73. The molecule has 0 amide bonds. The first-order chi connectivity index (χ1) is 9.59. The van der Waals surface area contributed by atoms with E-state index in [1.807, 2.05) is 13.0 Å². The Morgan fingerprint density at radius 2 is 1.86 bits per heavy atom. The quantitative estimate of drug-likeness (QED) is 0.866. The maximum atomic E-state index is 12.1. The molecule has 1 rings (SSSR count). The predicted molar refractivity (Wildman–Crippen MR) is 76.4 cm³/mol. The maximum absolute atomic E-state index is 12.1. The highest BCUT2D eigenvalue weighted by Crippen LogP contribution is 2.20. The minimum absolute atomic E-state index is 0.0348. The normalized spacial score (nSPS) is 12.5. The lowest BCUT2D eigenvalue weighted by atomic mass is 10.1. The van der Waals surface area contributed by atoms with Crippen LogP contribution in [0.5, 0.6) is 5.88 Å². The van der Waals surface area contributed by atoms with Crippen molar-refractivity contribution in [3.8, 4) is 5.88 Å². The Bertz CT molecular complexity index is 453. The third kappa shape index (κ3) is 7.90. The van der Waals surface area contributed by atoms with Gasteiger partial charge < -0.3 is 10.1 Å². The molecule has 3 nitrogen and oxygen atoms in total. The second-order valence-electron chi connectivity index (χ2n) is 5.98. The number of nitrogens with zero attached hydrogens (tertiary/aromatic N) is 1. The molecule has 1 aromatic heterocycles. The molecule has 1 heterocycles. The molecule has 0 aliphatic heterocycles. The van der Waals surface area contributed by atoms with Crippen molar-refractivity contribution in [2.45, 2.75) is 58.8 Å². The van der Waals surface area contributed by atoms with Crippen molar-refractivity contribution in [1.29, 1.82) is 0 Å². The van der Waals surface area contributed by atoms with Crippen LogP contribution in [0.15, 0.2) is 12.1 Å². The fourth-order valence-electron chi connectivity index (χ4n) is 1.62. The molecule has 1 N–H and O–H groups in total. The first-order valence-corrected chi connectivity index (χ1v) is 7.03. The van der Waals surface area contributed by atoms with Gasteiger partial charge in [-0.15, -0.1) is 0 Å². The zero-order valence-electron chi connectivity index (χ0n) is 13.0. The largest absolute Gasteiger partial charge is 0.477 e. The smallest absolute Gasteiger partial charge is 0.392 e. The molecular weight excluding hydrogens is 281 g/mol. The van der Waals surface area contributed by atoms with E-state index < -0.39 is 19.2 Å². The highest BCUT2D eigenvalue weighted by Gasteiger charge is 2.27. The minimum atomic E-state index is -4.21. The van der Waals surface area contributed by atoms with Crippen molar-refractivity contribution in [3.63, 3.8) is 0 Å². The van der Waals surface area contributed by atoms with Crippen molar-refractivity contribution in [3.05, 3.63) is 23.4 Å². The van der Waals surface area contributed by atoms with Gasteiger partial charge in [-0.2, -0.15) is 13.2 Å². The topological polar surface area (TPSA) is 34.1 Å². The highest BCUT2D eigenvalue weighted by atomic mass is 19.4. The highest BCUT2D eigenvalue weighted by molar-refractivity contribution is 5.25. The molecule has 6 heteroatoms. The first-order valence-electron chi connectivity index (χ1n) is 7.03. The van der Waals surface area contributed by atoms with Gasteiger partial charge in [-0.1, -0.05) is 6.92 Å². The number of aryl methyl sites for hydroxylation is 1. The molecule has 0 radical (unpaired) electrons. The number of aromatic nitrogens is 1. The Balaban J connectivity index is 2.71. The van der Waals surface area contributed by atoms with Crippen LogP contribution in [0, 0.1) is 0 Å². The number of pyridine rings is 1. The minimum Gasteiger partial charge on any atom is -0.477 e. The molecule has 0 unspecified atom stereocenters. The average molecular weight is 304 g/mol. The average Bonchev–Trinajstić information content (AvgIpc) is 2.34. The lowest BCUT2D eigenvalue weighted by Gasteiger charge is -2.21. The number of rotatable bonds is 6. The summed E-state index contributed by atoms with van der Waals surface area (Å²) in [6.45, 7) is 8.31. The molecule has 0 aliphatic rings. The molecule has 120 valence electrons. The van der Waals surface area contributed by atoms with Crippen molar-refractivity contribution in [2.75, 3.05) is 6.61 Å². The van der Waals surface area contributed by atoms with Crippen LogP contribution in [-0.2, 0) is 13.0 Å². The molecule has 0 saturated carbocycles. The number of ether oxygens (including phenoxy) is 1. The van der Waals surface area contributed by atoms with Gasteiger partial charge >= 0.3 is 6.18 Å². The van der Waals surface area contributed by atoms with Crippen molar-refractivity contribution in [2.24, 2.45) is 0 Å². The first kappa shape index (κ1) is 17.8. The molecule has 1 aromatic rings. The molecule has 0 atom stereocenters. The zero-order valence-corrected chi connectivity index (χ0v) is 13.0. The molecule has 21 heavy (non-hydrogen) atoms. The Hall–Kier alpha value is -1.30. The number of nitrogens with one attached hydrogen (secondary N) is 1. The van der Waals surface area contributed by atoms with Crippen LogP contribution in [0.1, 0.15) is 45.4 Å². The van der Waals surface area contributed by atoms with Crippen molar-refractivity contribution in [1.82, 2.24) is 10.3 Å². The summed E-state index contributed by atoms with van der Waals surface area (Å²) in [6.07, 6.45) is -4.47. The van der Waals surface area contributed by atoms with Gasteiger partial charge in [-0.05, 0) is 38.8 Å².